The number of nitrogens with one attached hydrogen (secondary N) is 1. The van der Waals surface area contributed by atoms with E-state index in [2.05, 4.69) is 23.8 Å². The molecule has 3 aromatic rings. The lowest BCUT2D eigenvalue weighted by molar-refractivity contribution is 0.271. The monoisotopic (exact) mass is 294 g/mol. The number of benzene rings is 2. The highest BCUT2D eigenvalue weighted by Gasteiger charge is 2.06. The molecule has 1 aromatic heterocycles. The Balaban J connectivity index is 1.92. The molecule has 0 amide bonds. The van der Waals surface area contributed by atoms with Gasteiger partial charge >= 0.3 is 0 Å². The predicted molar refractivity (Wildman–Crippen MR) is 88.1 cm³/mol. The summed E-state index contributed by atoms with van der Waals surface area (Å²) in [6, 6.07) is 14.9. The summed E-state index contributed by atoms with van der Waals surface area (Å²) in [5, 5.41) is 0.600. The van der Waals surface area contributed by atoms with Gasteiger partial charge < -0.3 is 9.72 Å². The third kappa shape index (κ3) is 3.01. The maximum absolute atomic E-state index is 12.1. The molecule has 0 spiro atoms. The van der Waals surface area contributed by atoms with Crippen molar-refractivity contribution in [1.82, 2.24) is 9.97 Å². The van der Waals surface area contributed by atoms with Crippen LogP contribution in [-0.2, 0) is 0 Å². The summed E-state index contributed by atoms with van der Waals surface area (Å²) in [5.41, 5.74) is 1.43. The van der Waals surface area contributed by atoms with Crippen LogP contribution in [0.5, 0.6) is 5.75 Å². The van der Waals surface area contributed by atoms with Gasteiger partial charge in [-0.1, -0.05) is 26.0 Å². The van der Waals surface area contributed by atoms with Crippen molar-refractivity contribution in [3.05, 3.63) is 58.9 Å². The number of nitrogens with zero attached hydrogens (tertiary/aromatic N) is 1. The van der Waals surface area contributed by atoms with Crippen LogP contribution in [0.15, 0.2) is 53.3 Å². The minimum absolute atomic E-state index is 0.124. The van der Waals surface area contributed by atoms with Gasteiger partial charge in [-0.05, 0) is 42.3 Å². The van der Waals surface area contributed by atoms with Crippen LogP contribution in [0.4, 0.5) is 0 Å². The molecule has 0 saturated carbocycles. The smallest absolute Gasteiger partial charge is 0.259 e. The van der Waals surface area contributed by atoms with E-state index >= 15 is 0 Å². The maximum atomic E-state index is 12.1. The average molecular weight is 294 g/mol. The summed E-state index contributed by atoms with van der Waals surface area (Å²) < 4.78 is 5.66. The van der Waals surface area contributed by atoms with Gasteiger partial charge in [0, 0.05) is 5.56 Å². The number of H-pyrrole nitrogens is 1. The molecule has 22 heavy (non-hydrogen) atoms. The first kappa shape index (κ1) is 14.3. The molecule has 1 N–H and O–H groups in total. The lowest BCUT2D eigenvalue weighted by atomic mass is 10.2. The third-order valence-electron chi connectivity index (χ3n) is 3.32. The molecule has 4 nitrogen and oxygen atoms in total. The van der Waals surface area contributed by atoms with Gasteiger partial charge in [0.25, 0.3) is 5.56 Å². The summed E-state index contributed by atoms with van der Waals surface area (Å²) >= 11 is 0. The second kappa shape index (κ2) is 6.02. The first-order valence-corrected chi connectivity index (χ1v) is 7.36. The van der Waals surface area contributed by atoms with Crippen LogP contribution in [0.2, 0.25) is 0 Å². The standard InChI is InChI=1S/C18H18N2O2/c1-12(2)11-22-14-9-7-13(8-10-14)17-19-16-6-4-3-5-15(16)18(21)20-17/h3-10,12H,11H2,1-2H3,(H,19,20,21). The Morgan fingerprint density at radius 3 is 2.55 bits per heavy atom. The number of hydrogen-bond donors (Lipinski definition) is 1. The van der Waals surface area contributed by atoms with Gasteiger partial charge in [-0.3, -0.25) is 4.79 Å². The zero-order chi connectivity index (χ0) is 15.5. The first-order chi connectivity index (χ1) is 10.6. The van der Waals surface area contributed by atoms with E-state index in [-0.39, 0.29) is 5.56 Å². The molecular weight excluding hydrogens is 276 g/mol. The van der Waals surface area contributed by atoms with E-state index in [1.165, 1.54) is 0 Å². The fraction of sp³-hybridized carbons (Fsp3) is 0.222. The average Bonchev–Trinajstić information content (AvgIpc) is 2.53. The van der Waals surface area contributed by atoms with Crippen molar-refractivity contribution in [2.45, 2.75) is 13.8 Å². The van der Waals surface area contributed by atoms with Gasteiger partial charge in [0.2, 0.25) is 0 Å². The molecule has 1 heterocycles. The zero-order valence-electron chi connectivity index (χ0n) is 12.7. The van der Waals surface area contributed by atoms with Gasteiger partial charge in [-0.25, -0.2) is 4.98 Å². The largest absolute Gasteiger partial charge is 0.493 e. The fourth-order valence-electron chi connectivity index (χ4n) is 2.20. The van der Waals surface area contributed by atoms with Crippen molar-refractivity contribution in [3.8, 4) is 17.1 Å². The summed E-state index contributed by atoms with van der Waals surface area (Å²) in [4.78, 5) is 19.4. The topological polar surface area (TPSA) is 55.0 Å². The van der Waals surface area contributed by atoms with Crippen LogP contribution in [0.3, 0.4) is 0 Å². The molecule has 112 valence electrons. The lowest BCUT2D eigenvalue weighted by Crippen LogP contribution is -2.09. The minimum atomic E-state index is -0.124. The molecule has 2 aromatic carbocycles. The van der Waals surface area contributed by atoms with Gasteiger partial charge in [0.15, 0.2) is 0 Å². The third-order valence-corrected chi connectivity index (χ3v) is 3.32. The molecular formula is C18H18N2O2. The normalized spacial score (nSPS) is 11.0. The Kier molecular flexibility index (Phi) is 3.92. The highest BCUT2D eigenvalue weighted by atomic mass is 16.5. The SMILES string of the molecule is CC(C)COc1ccc(-c2nc3ccccc3c(=O)[nH]2)cc1. The molecule has 0 aliphatic carbocycles. The highest BCUT2D eigenvalue weighted by Crippen LogP contribution is 2.20. The lowest BCUT2D eigenvalue weighted by Gasteiger charge is -2.09. The van der Waals surface area contributed by atoms with Crippen molar-refractivity contribution in [1.29, 1.82) is 0 Å². The Labute approximate surface area is 128 Å². The van der Waals surface area contributed by atoms with Gasteiger partial charge in [-0.2, -0.15) is 0 Å². The summed E-state index contributed by atoms with van der Waals surface area (Å²) in [5.74, 6) is 1.87. The molecule has 4 heteroatoms. The molecule has 0 fully saturated rings. The van der Waals surface area contributed by atoms with E-state index in [4.69, 9.17) is 4.74 Å². The van der Waals surface area contributed by atoms with E-state index in [1.807, 2.05) is 42.5 Å². The number of aromatic amines is 1. The number of para-hydroxylation sites is 1. The van der Waals surface area contributed by atoms with E-state index in [0.29, 0.717) is 29.3 Å². The Morgan fingerprint density at radius 2 is 1.82 bits per heavy atom. The summed E-state index contributed by atoms with van der Waals surface area (Å²) in [6.07, 6.45) is 0. The Bertz CT molecular complexity index is 836. The molecule has 0 aliphatic rings. The van der Waals surface area contributed by atoms with Gasteiger partial charge in [0.05, 0.1) is 17.5 Å². The second-order valence-corrected chi connectivity index (χ2v) is 5.66. The van der Waals surface area contributed by atoms with Crippen LogP contribution in [0.1, 0.15) is 13.8 Å². The summed E-state index contributed by atoms with van der Waals surface area (Å²) in [6.45, 7) is 4.90. The minimum Gasteiger partial charge on any atom is -0.493 e. The molecule has 0 aliphatic heterocycles. The van der Waals surface area contributed by atoms with E-state index in [1.54, 1.807) is 6.07 Å². The van der Waals surface area contributed by atoms with Crippen molar-refractivity contribution in [2.75, 3.05) is 6.61 Å². The number of fused-ring (bicyclic) bond motifs is 1. The Morgan fingerprint density at radius 1 is 1.09 bits per heavy atom. The molecule has 0 atom stereocenters. The van der Waals surface area contributed by atoms with Gasteiger partial charge in [-0.15, -0.1) is 0 Å². The van der Waals surface area contributed by atoms with Crippen molar-refractivity contribution in [2.24, 2.45) is 5.92 Å². The van der Waals surface area contributed by atoms with Crippen LogP contribution < -0.4 is 10.3 Å². The molecule has 0 bridgehead atoms. The number of aromatic nitrogens is 2. The van der Waals surface area contributed by atoms with Crippen LogP contribution in [-0.4, -0.2) is 16.6 Å². The molecule has 0 radical (unpaired) electrons. The van der Waals surface area contributed by atoms with Crippen molar-refractivity contribution < 1.29 is 4.74 Å². The van der Waals surface area contributed by atoms with Crippen LogP contribution in [0, 0.1) is 5.92 Å². The van der Waals surface area contributed by atoms with E-state index in [9.17, 15) is 4.79 Å². The predicted octanol–water partition coefficient (Wildman–Crippen LogP) is 3.62. The zero-order valence-corrected chi connectivity index (χ0v) is 12.7. The molecule has 0 saturated heterocycles. The second-order valence-electron chi connectivity index (χ2n) is 5.66. The quantitative estimate of drug-likeness (QED) is 0.799. The maximum Gasteiger partial charge on any atom is 0.259 e. The number of rotatable bonds is 4. The molecule has 0 unspecified atom stereocenters. The fourth-order valence-corrected chi connectivity index (χ4v) is 2.20. The van der Waals surface area contributed by atoms with Crippen molar-refractivity contribution >= 4 is 10.9 Å². The number of hydrogen-bond acceptors (Lipinski definition) is 3. The summed E-state index contributed by atoms with van der Waals surface area (Å²) in [7, 11) is 0. The highest BCUT2D eigenvalue weighted by molar-refractivity contribution is 5.79. The van der Waals surface area contributed by atoms with Gasteiger partial charge in [0.1, 0.15) is 11.6 Å². The van der Waals surface area contributed by atoms with Crippen molar-refractivity contribution in [3.63, 3.8) is 0 Å². The van der Waals surface area contributed by atoms with Crippen LogP contribution >= 0.6 is 0 Å². The molecule has 3 rings (SSSR count). The number of ether oxygens (including phenoxy) is 1. The van der Waals surface area contributed by atoms with Crippen LogP contribution in [0.25, 0.3) is 22.3 Å². The van der Waals surface area contributed by atoms with E-state index in [0.717, 1.165) is 11.3 Å². The first-order valence-electron chi connectivity index (χ1n) is 7.36. The van der Waals surface area contributed by atoms with E-state index < -0.39 is 0 Å². The Hall–Kier alpha value is -2.62.